The van der Waals surface area contributed by atoms with Crippen LogP contribution in [0.1, 0.15) is 29.6 Å². The van der Waals surface area contributed by atoms with E-state index in [0.29, 0.717) is 12.2 Å². The summed E-state index contributed by atoms with van der Waals surface area (Å²) in [6.45, 7) is 0.513. The summed E-state index contributed by atoms with van der Waals surface area (Å²) in [6, 6.07) is 4.00. The van der Waals surface area contributed by atoms with Crippen molar-refractivity contribution in [2.75, 3.05) is 24.3 Å². The minimum atomic E-state index is -0.577. The van der Waals surface area contributed by atoms with Gasteiger partial charge in [0, 0.05) is 18.3 Å². The number of carbonyl (C=O) groups excluding carboxylic acids is 1. The Hall–Kier alpha value is -1.76. The predicted octanol–water partition coefficient (Wildman–Crippen LogP) is 2.44. The number of unbranched alkanes of at least 4 members (excludes halogenated alkanes) is 2. The van der Waals surface area contributed by atoms with Crippen molar-refractivity contribution in [2.45, 2.75) is 19.3 Å². The number of nitrogens with zero attached hydrogens (tertiary/aromatic N) is 1. The molecule has 0 aromatic heterocycles. The number of nitrogens with one attached hydrogen (secondary N) is 1. The van der Waals surface area contributed by atoms with Crippen LogP contribution in [0.2, 0.25) is 0 Å². The van der Waals surface area contributed by atoms with Crippen molar-refractivity contribution >= 4 is 29.0 Å². The highest BCUT2D eigenvalue weighted by Gasteiger charge is 2.19. The van der Waals surface area contributed by atoms with Gasteiger partial charge in [-0.05, 0) is 37.0 Å². The van der Waals surface area contributed by atoms with Gasteiger partial charge in [-0.2, -0.15) is 11.8 Å². The molecule has 0 aliphatic carbocycles. The molecular weight excluding hydrogens is 278 g/mol. The van der Waals surface area contributed by atoms with Crippen LogP contribution in [-0.4, -0.2) is 29.4 Å². The van der Waals surface area contributed by atoms with Gasteiger partial charge in [0.1, 0.15) is 5.56 Å². The molecule has 3 N–H and O–H groups in total. The summed E-state index contributed by atoms with van der Waals surface area (Å²) in [5.74, 6) is 0.656. The van der Waals surface area contributed by atoms with Gasteiger partial charge < -0.3 is 11.1 Å². The first kappa shape index (κ1) is 16.3. The number of rotatable bonds is 8. The monoisotopic (exact) mass is 297 g/mol. The molecule has 0 bridgehead atoms. The fourth-order valence-electron chi connectivity index (χ4n) is 1.74. The van der Waals surface area contributed by atoms with E-state index in [-0.39, 0.29) is 11.3 Å². The van der Waals surface area contributed by atoms with Crippen LogP contribution in [0.5, 0.6) is 0 Å². The lowest BCUT2D eigenvalue weighted by molar-refractivity contribution is -0.385. The summed E-state index contributed by atoms with van der Waals surface area (Å²) >= 11 is 1.79. The molecule has 0 saturated carbocycles. The molecule has 0 spiro atoms. The highest BCUT2D eigenvalue weighted by molar-refractivity contribution is 7.98. The second-order valence-electron chi connectivity index (χ2n) is 4.34. The van der Waals surface area contributed by atoms with Gasteiger partial charge in [-0.25, -0.2) is 0 Å². The summed E-state index contributed by atoms with van der Waals surface area (Å²) in [7, 11) is 0. The van der Waals surface area contributed by atoms with Crippen molar-refractivity contribution in [2.24, 2.45) is 0 Å². The zero-order valence-electron chi connectivity index (χ0n) is 11.4. The molecule has 1 rings (SSSR count). The van der Waals surface area contributed by atoms with Crippen LogP contribution >= 0.6 is 11.8 Å². The predicted molar refractivity (Wildman–Crippen MR) is 82.1 cm³/mol. The van der Waals surface area contributed by atoms with Crippen LogP contribution in [0, 0.1) is 10.1 Å². The zero-order chi connectivity index (χ0) is 15.0. The summed E-state index contributed by atoms with van der Waals surface area (Å²) in [5.41, 5.74) is 5.69. The van der Waals surface area contributed by atoms with Crippen molar-refractivity contribution in [3.05, 3.63) is 33.9 Å². The number of carbonyl (C=O) groups is 1. The van der Waals surface area contributed by atoms with Crippen LogP contribution in [0.3, 0.4) is 0 Å². The molecule has 0 atom stereocenters. The molecule has 1 aromatic carbocycles. The molecule has 0 fully saturated rings. The number of benzene rings is 1. The van der Waals surface area contributed by atoms with Crippen LogP contribution in [0.15, 0.2) is 18.2 Å². The lowest BCUT2D eigenvalue weighted by Gasteiger charge is -2.06. The van der Waals surface area contributed by atoms with Gasteiger partial charge >= 0.3 is 0 Å². The van der Waals surface area contributed by atoms with Crippen molar-refractivity contribution in [1.29, 1.82) is 0 Å². The third-order valence-electron chi connectivity index (χ3n) is 2.77. The number of amides is 1. The molecule has 20 heavy (non-hydrogen) atoms. The van der Waals surface area contributed by atoms with Gasteiger partial charge in [0.25, 0.3) is 11.6 Å². The number of hydrogen-bond acceptors (Lipinski definition) is 5. The Kier molecular flexibility index (Phi) is 6.86. The number of nitro groups is 1. The largest absolute Gasteiger partial charge is 0.399 e. The Morgan fingerprint density at radius 1 is 1.40 bits per heavy atom. The molecular formula is C13H19N3O3S. The quantitative estimate of drug-likeness (QED) is 0.332. The molecule has 1 amide bonds. The smallest absolute Gasteiger partial charge is 0.282 e. The first-order valence-electron chi connectivity index (χ1n) is 6.37. The van der Waals surface area contributed by atoms with Crippen LogP contribution in [0.25, 0.3) is 0 Å². The van der Waals surface area contributed by atoms with Crippen molar-refractivity contribution < 1.29 is 9.72 Å². The number of nitrogens with two attached hydrogens (primary N) is 1. The molecule has 0 radical (unpaired) electrons. The average Bonchev–Trinajstić information content (AvgIpc) is 2.42. The second-order valence-corrected chi connectivity index (χ2v) is 5.33. The Bertz CT molecular complexity index is 480. The summed E-state index contributed by atoms with van der Waals surface area (Å²) in [4.78, 5) is 22.2. The molecule has 0 aliphatic rings. The van der Waals surface area contributed by atoms with E-state index in [1.807, 2.05) is 0 Å². The first-order valence-corrected chi connectivity index (χ1v) is 7.76. The van der Waals surface area contributed by atoms with Gasteiger partial charge in [-0.3, -0.25) is 14.9 Å². The Morgan fingerprint density at radius 2 is 2.15 bits per heavy atom. The van der Waals surface area contributed by atoms with Gasteiger partial charge in [-0.1, -0.05) is 6.42 Å². The number of thioether (sulfide) groups is 1. The van der Waals surface area contributed by atoms with Crippen LogP contribution in [0.4, 0.5) is 11.4 Å². The Morgan fingerprint density at radius 3 is 2.80 bits per heavy atom. The fraction of sp³-hybridized carbons (Fsp3) is 0.462. The summed E-state index contributed by atoms with van der Waals surface area (Å²) < 4.78 is 0. The van der Waals surface area contributed by atoms with E-state index in [2.05, 4.69) is 11.6 Å². The van der Waals surface area contributed by atoms with Gasteiger partial charge in [0.2, 0.25) is 0 Å². The molecule has 0 unspecified atom stereocenters. The molecule has 110 valence electrons. The maximum Gasteiger partial charge on any atom is 0.282 e. The van der Waals surface area contributed by atoms with Crippen molar-refractivity contribution in [3.8, 4) is 0 Å². The van der Waals surface area contributed by atoms with E-state index >= 15 is 0 Å². The number of anilines is 1. The zero-order valence-corrected chi connectivity index (χ0v) is 12.2. The van der Waals surface area contributed by atoms with Crippen LogP contribution in [-0.2, 0) is 0 Å². The van der Waals surface area contributed by atoms with Crippen LogP contribution < -0.4 is 11.1 Å². The molecule has 7 heteroatoms. The lowest BCUT2D eigenvalue weighted by atomic mass is 10.1. The SMILES string of the molecule is CSCCCCCNC(=O)c1cc(N)ccc1[N+](=O)[O-]. The maximum absolute atomic E-state index is 11.9. The molecule has 1 aromatic rings. The molecule has 0 saturated heterocycles. The van der Waals surface area contributed by atoms with Gasteiger partial charge in [0.15, 0.2) is 0 Å². The highest BCUT2D eigenvalue weighted by Crippen LogP contribution is 2.21. The van der Waals surface area contributed by atoms with E-state index in [4.69, 9.17) is 5.73 Å². The highest BCUT2D eigenvalue weighted by atomic mass is 32.2. The third-order valence-corrected chi connectivity index (χ3v) is 3.47. The third kappa shape index (κ3) is 5.08. The Balaban J connectivity index is 2.54. The van der Waals surface area contributed by atoms with E-state index in [9.17, 15) is 14.9 Å². The van der Waals surface area contributed by atoms with Crippen molar-refractivity contribution in [1.82, 2.24) is 5.32 Å². The lowest BCUT2D eigenvalue weighted by Crippen LogP contribution is -2.25. The van der Waals surface area contributed by atoms with Crippen molar-refractivity contribution in [3.63, 3.8) is 0 Å². The van der Waals surface area contributed by atoms with E-state index in [1.54, 1.807) is 11.8 Å². The van der Waals surface area contributed by atoms with Gasteiger partial charge in [-0.15, -0.1) is 0 Å². The fourth-order valence-corrected chi connectivity index (χ4v) is 2.23. The van der Waals surface area contributed by atoms with E-state index in [0.717, 1.165) is 25.0 Å². The second kappa shape index (κ2) is 8.42. The first-order chi connectivity index (χ1) is 9.56. The maximum atomic E-state index is 11.9. The minimum Gasteiger partial charge on any atom is -0.399 e. The number of hydrogen-bond donors (Lipinski definition) is 2. The summed E-state index contributed by atoms with van der Waals surface area (Å²) in [5, 5.41) is 13.6. The topological polar surface area (TPSA) is 98.3 Å². The molecule has 6 nitrogen and oxygen atoms in total. The summed E-state index contributed by atoms with van der Waals surface area (Å²) in [6.07, 6.45) is 5.05. The number of nitro benzene ring substituents is 1. The molecule has 0 aliphatic heterocycles. The standard InChI is InChI=1S/C13H19N3O3S/c1-20-8-4-2-3-7-15-13(17)11-9-10(14)5-6-12(11)16(18)19/h5-6,9H,2-4,7-8,14H2,1H3,(H,15,17). The normalized spacial score (nSPS) is 10.2. The molecule has 0 heterocycles. The van der Waals surface area contributed by atoms with E-state index in [1.165, 1.54) is 18.2 Å². The Labute approximate surface area is 122 Å². The minimum absolute atomic E-state index is 0.0131. The van der Waals surface area contributed by atoms with Gasteiger partial charge in [0.05, 0.1) is 4.92 Å². The average molecular weight is 297 g/mol. The van der Waals surface area contributed by atoms with E-state index < -0.39 is 10.8 Å². The number of nitrogen functional groups attached to an aromatic ring is 1.